The van der Waals surface area contributed by atoms with Gasteiger partial charge in [-0.15, -0.1) is 0 Å². The molecule has 170 valence electrons. The molecule has 0 spiro atoms. The fourth-order valence-corrected chi connectivity index (χ4v) is 3.31. The molecule has 1 aliphatic carbocycles. The highest BCUT2D eigenvalue weighted by Crippen LogP contribution is 2.26. The third-order valence-corrected chi connectivity index (χ3v) is 5.02. The van der Waals surface area contributed by atoms with Gasteiger partial charge in [0.05, 0.1) is 12.5 Å². The van der Waals surface area contributed by atoms with Crippen LogP contribution in [-0.4, -0.2) is 37.7 Å². The Hall–Kier alpha value is -2.67. The zero-order valence-electron chi connectivity index (χ0n) is 18.0. The maximum Gasteiger partial charge on any atom is 0.330 e. The molecule has 1 aromatic rings. The second kappa shape index (κ2) is 14.4. The fourth-order valence-electron chi connectivity index (χ4n) is 3.31. The van der Waals surface area contributed by atoms with Gasteiger partial charge in [0.25, 0.3) is 0 Å². The Morgan fingerprint density at radius 1 is 0.871 bits per heavy atom. The molecular weight excluding hydrogens is 400 g/mol. The zero-order valence-corrected chi connectivity index (χ0v) is 18.0. The van der Waals surface area contributed by atoms with Gasteiger partial charge in [0, 0.05) is 19.1 Å². The van der Waals surface area contributed by atoms with Crippen LogP contribution < -0.4 is 9.47 Å². The van der Waals surface area contributed by atoms with Gasteiger partial charge in [0.1, 0.15) is 18.1 Å². The van der Waals surface area contributed by atoms with Gasteiger partial charge in [-0.1, -0.05) is 32.3 Å². The predicted molar refractivity (Wildman–Crippen MR) is 115 cm³/mol. The van der Waals surface area contributed by atoms with E-state index in [-0.39, 0.29) is 24.5 Å². The van der Waals surface area contributed by atoms with E-state index in [1.165, 1.54) is 6.42 Å². The van der Waals surface area contributed by atoms with Crippen molar-refractivity contribution in [2.24, 2.45) is 5.92 Å². The minimum Gasteiger partial charge on any atom is -0.460 e. The molecule has 1 aliphatic rings. The van der Waals surface area contributed by atoms with Crippen molar-refractivity contribution < 1.29 is 33.3 Å². The van der Waals surface area contributed by atoms with Crippen LogP contribution in [-0.2, 0) is 23.9 Å². The van der Waals surface area contributed by atoms with Crippen molar-refractivity contribution in [3.05, 3.63) is 36.9 Å². The second-order valence-electron chi connectivity index (χ2n) is 7.50. The first-order chi connectivity index (χ1) is 15.1. The molecule has 2 rings (SSSR count). The lowest BCUT2D eigenvalue weighted by atomic mass is 9.89. The number of ether oxygens (including phenoxy) is 4. The quantitative estimate of drug-likeness (QED) is 0.198. The third kappa shape index (κ3) is 10.3. The first kappa shape index (κ1) is 24.6. The van der Waals surface area contributed by atoms with Gasteiger partial charge < -0.3 is 18.9 Å². The number of benzene rings is 1. The molecule has 0 amide bonds. The summed E-state index contributed by atoms with van der Waals surface area (Å²) < 4.78 is 20.9. The molecule has 0 aliphatic heterocycles. The average Bonchev–Trinajstić information content (AvgIpc) is 2.79. The highest BCUT2D eigenvalue weighted by molar-refractivity contribution is 5.81. The molecule has 1 saturated carbocycles. The summed E-state index contributed by atoms with van der Waals surface area (Å²) in [7, 11) is 0. The lowest BCUT2D eigenvalue weighted by Crippen LogP contribution is -2.22. The lowest BCUT2D eigenvalue weighted by Gasteiger charge is -2.19. The Bertz CT molecular complexity index is 705. The summed E-state index contributed by atoms with van der Waals surface area (Å²) in [5, 5.41) is 0. The third-order valence-electron chi connectivity index (χ3n) is 5.02. The minimum absolute atomic E-state index is 0.00792. The summed E-state index contributed by atoms with van der Waals surface area (Å²) in [6.45, 7) is 4.40. The molecule has 0 atom stereocenters. The van der Waals surface area contributed by atoms with Gasteiger partial charge >= 0.3 is 17.9 Å². The predicted octanol–water partition coefficient (Wildman–Crippen LogP) is 4.38. The van der Waals surface area contributed by atoms with Crippen LogP contribution in [0, 0.1) is 5.92 Å². The maximum absolute atomic E-state index is 12.2. The molecule has 7 nitrogen and oxygen atoms in total. The van der Waals surface area contributed by atoms with Crippen molar-refractivity contribution >= 4 is 17.9 Å². The van der Waals surface area contributed by atoms with Crippen LogP contribution in [0.25, 0.3) is 0 Å². The molecule has 7 heteroatoms. The van der Waals surface area contributed by atoms with Crippen LogP contribution in [0.4, 0.5) is 0 Å². The van der Waals surface area contributed by atoms with Crippen molar-refractivity contribution in [2.75, 3.05) is 19.8 Å². The van der Waals surface area contributed by atoms with Crippen molar-refractivity contribution in [2.45, 2.75) is 57.8 Å². The number of rotatable bonds is 13. The van der Waals surface area contributed by atoms with E-state index in [2.05, 4.69) is 6.58 Å². The van der Waals surface area contributed by atoms with Crippen LogP contribution in [0.15, 0.2) is 36.9 Å². The zero-order chi connectivity index (χ0) is 22.3. The second-order valence-corrected chi connectivity index (χ2v) is 7.50. The Kier molecular flexibility index (Phi) is 11.4. The lowest BCUT2D eigenvalue weighted by molar-refractivity contribution is -0.140. The fraction of sp³-hybridized carbons (Fsp3) is 0.542. The van der Waals surface area contributed by atoms with E-state index < -0.39 is 5.97 Å². The Labute approximate surface area is 183 Å². The number of unbranched alkanes of at least 4 members (excludes halogenated alkanes) is 2. The van der Waals surface area contributed by atoms with Crippen LogP contribution >= 0.6 is 0 Å². The largest absolute Gasteiger partial charge is 0.460 e. The van der Waals surface area contributed by atoms with Gasteiger partial charge in [-0.3, -0.25) is 9.59 Å². The summed E-state index contributed by atoms with van der Waals surface area (Å²) in [5.41, 5.74) is 0. The van der Waals surface area contributed by atoms with Crippen LogP contribution in [0.1, 0.15) is 57.8 Å². The molecule has 1 aromatic carbocycles. The summed E-state index contributed by atoms with van der Waals surface area (Å²) in [6, 6.07) is 6.56. The van der Waals surface area contributed by atoms with E-state index in [0.29, 0.717) is 37.6 Å². The molecule has 0 bridgehead atoms. The Morgan fingerprint density at radius 3 is 2.23 bits per heavy atom. The van der Waals surface area contributed by atoms with Gasteiger partial charge in [-0.25, -0.2) is 4.79 Å². The number of hydrogen-bond donors (Lipinski definition) is 0. The van der Waals surface area contributed by atoms with Crippen molar-refractivity contribution in [1.29, 1.82) is 0 Å². The number of esters is 3. The molecule has 0 N–H and O–H groups in total. The van der Waals surface area contributed by atoms with Crippen molar-refractivity contribution in [3.63, 3.8) is 0 Å². The van der Waals surface area contributed by atoms with E-state index in [4.69, 9.17) is 18.9 Å². The van der Waals surface area contributed by atoms with Crippen molar-refractivity contribution in [3.8, 4) is 11.5 Å². The first-order valence-electron chi connectivity index (χ1n) is 11.0. The van der Waals surface area contributed by atoms with E-state index in [9.17, 15) is 14.4 Å². The molecule has 1 fully saturated rings. The molecule has 0 unspecified atom stereocenters. The standard InChI is InChI=1S/C24H32O7/c1-2-22(25)29-18-17-28-16-8-4-7-11-23(26)30-20-12-14-21(15-13-20)31-24(27)19-9-5-3-6-10-19/h2,12-15,19H,1,3-11,16-18H2. The SMILES string of the molecule is C=CC(=O)OCCOCCCCCC(=O)Oc1ccc(OC(=O)C2CCCCC2)cc1. The van der Waals surface area contributed by atoms with Crippen LogP contribution in [0.3, 0.4) is 0 Å². The molecule has 0 saturated heterocycles. The number of hydrogen-bond acceptors (Lipinski definition) is 7. The summed E-state index contributed by atoms with van der Waals surface area (Å²) in [5.74, 6) is -0.0476. The van der Waals surface area contributed by atoms with Gasteiger partial charge in [-0.2, -0.15) is 0 Å². The summed E-state index contributed by atoms with van der Waals surface area (Å²) >= 11 is 0. The van der Waals surface area contributed by atoms with E-state index in [1.807, 2.05) is 0 Å². The molecule has 0 aromatic heterocycles. The monoisotopic (exact) mass is 432 g/mol. The Balaban J connectivity index is 1.54. The molecular formula is C24H32O7. The minimum atomic E-state index is -0.461. The molecule has 0 heterocycles. The van der Waals surface area contributed by atoms with Crippen LogP contribution in [0.5, 0.6) is 11.5 Å². The molecule has 31 heavy (non-hydrogen) atoms. The highest BCUT2D eigenvalue weighted by Gasteiger charge is 2.22. The normalized spacial score (nSPS) is 13.9. The smallest absolute Gasteiger partial charge is 0.330 e. The number of carbonyl (C=O) groups is 3. The number of carbonyl (C=O) groups excluding carboxylic acids is 3. The summed E-state index contributed by atoms with van der Waals surface area (Å²) in [6.07, 6.45) is 8.90. The van der Waals surface area contributed by atoms with Gasteiger partial charge in [0.2, 0.25) is 0 Å². The first-order valence-corrected chi connectivity index (χ1v) is 11.0. The topological polar surface area (TPSA) is 88.1 Å². The van der Waals surface area contributed by atoms with E-state index >= 15 is 0 Å². The molecule has 0 radical (unpaired) electrons. The van der Waals surface area contributed by atoms with Crippen LogP contribution in [0.2, 0.25) is 0 Å². The van der Waals surface area contributed by atoms with E-state index in [0.717, 1.165) is 44.6 Å². The van der Waals surface area contributed by atoms with Gasteiger partial charge in [0.15, 0.2) is 0 Å². The summed E-state index contributed by atoms with van der Waals surface area (Å²) in [4.78, 5) is 35.0. The average molecular weight is 433 g/mol. The van der Waals surface area contributed by atoms with Gasteiger partial charge in [-0.05, 0) is 49.9 Å². The highest BCUT2D eigenvalue weighted by atomic mass is 16.6. The Morgan fingerprint density at radius 2 is 1.55 bits per heavy atom. The van der Waals surface area contributed by atoms with Crippen molar-refractivity contribution in [1.82, 2.24) is 0 Å². The van der Waals surface area contributed by atoms with E-state index in [1.54, 1.807) is 24.3 Å². The maximum atomic E-state index is 12.2.